The third-order valence-electron chi connectivity index (χ3n) is 18.0. The zero-order chi connectivity index (χ0) is 55.2. The van der Waals surface area contributed by atoms with Crippen molar-refractivity contribution >= 4 is 97.8 Å². The molecule has 3 aliphatic rings. The van der Waals surface area contributed by atoms with Gasteiger partial charge in [-0.25, -0.2) is 0 Å². The van der Waals surface area contributed by atoms with Gasteiger partial charge in [-0.05, 0) is 146 Å². The molecule has 0 aromatic heterocycles. The molecule has 390 valence electrons. The van der Waals surface area contributed by atoms with Crippen molar-refractivity contribution in [1.82, 2.24) is 0 Å². The smallest absolute Gasteiger partial charge is 0.256 e. The monoisotopic (exact) mass is 1080 g/mol. The van der Waals surface area contributed by atoms with E-state index in [9.17, 15) is 0 Å². The lowest BCUT2D eigenvalue weighted by molar-refractivity contribution is 0.487. The van der Waals surface area contributed by atoms with E-state index in [4.69, 9.17) is 4.74 Å². The summed E-state index contributed by atoms with van der Waals surface area (Å²) in [5, 5.41) is 11.1. The molecule has 0 N–H and O–H groups in total. The number of nitrogens with zero attached hydrogens (tertiary/aromatic N) is 1. The largest absolute Gasteiger partial charge is 0.458 e. The van der Waals surface area contributed by atoms with E-state index in [2.05, 4.69) is 324 Å². The molecule has 0 atom stereocenters. The summed E-state index contributed by atoms with van der Waals surface area (Å²) >= 11 is 0. The predicted molar refractivity (Wildman–Crippen MR) is 353 cm³/mol. The number of benzene rings is 12. The van der Waals surface area contributed by atoms with Gasteiger partial charge < -0.3 is 9.64 Å². The molecule has 0 saturated carbocycles. The van der Waals surface area contributed by atoms with Crippen LogP contribution in [-0.2, 0) is 5.41 Å². The molecule has 0 unspecified atom stereocenters. The fraction of sp³-hybridized carbons (Fsp3) is 0.0649. The van der Waals surface area contributed by atoms with Crippen LogP contribution in [0, 0.1) is 6.92 Å². The third kappa shape index (κ3) is 7.67. The molecule has 0 aliphatic carbocycles. The summed E-state index contributed by atoms with van der Waals surface area (Å²) in [6.07, 6.45) is 0. The van der Waals surface area contributed by atoms with Crippen LogP contribution in [0.5, 0.6) is 11.5 Å². The maximum absolute atomic E-state index is 7.41. The number of rotatable bonds is 9. The SMILES string of the molecule is Cc1cc2c3c(c1)N(c1ccc(C(C)(C)C)cc1-c1ccccc1)c1cc4c(cc1B3c1ccc(-c3ccc([Si](c5ccccc5)(c5ccccc5)c5ccccc5)cc3)cc1O2)[Si](c1ccccc1)(c1ccccc1)c1ccccc1-4. The Bertz CT molecular complexity index is 4260. The number of aryl methyl sites for hydroxylation is 1. The van der Waals surface area contributed by atoms with Gasteiger partial charge >= 0.3 is 0 Å². The Morgan fingerprint density at radius 2 is 0.915 bits per heavy atom. The summed E-state index contributed by atoms with van der Waals surface area (Å²) in [5.41, 5.74) is 16.9. The molecule has 0 amide bonds. The van der Waals surface area contributed by atoms with E-state index in [-0.39, 0.29) is 12.1 Å². The molecule has 3 heterocycles. The van der Waals surface area contributed by atoms with Gasteiger partial charge in [0, 0.05) is 16.9 Å². The standard InChI is InChI=1S/C77H60BNOSi2/c1-53-47-71-76-73(48-53)80-72-49-56(54-39-43-63(44-40-54)81(58-27-13-6-14-28-58,59-29-15-7-16-30-59)60-31-17-8-18-32-60)41-45-67(72)78(76)68-52-75-66(51-70(68)79(71)69-46-42-57(77(2,3)4)50-65(69)55-25-11-5-12-26-55)64-37-23-24-38-74(64)82(75,61-33-19-9-20-34-61)62-35-21-10-22-36-62/h5-52H,1-4H3. The minimum atomic E-state index is -2.89. The molecule has 0 spiro atoms. The fourth-order valence-corrected chi connectivity index (χ4v) is 24.2. The highest BCUT2D eigenvalue weighted by atomic mass is 28.3. The van der Waals surface area contributed by atoms with Crippen molar-refractivity contribution in [2.45, 2.75) is 33.1 Å². The molecular weight excluding hydrogens is 1020 g/mol. The van der Waals surface area contributed by atoms with Crippen LogP contribution in [0.3, 0.4) is 0 Å². The van der Waals surface area contributed by atoms with Crippen molar-refractivity contribution in [2.24, 2.45) is 0 Å². The van der Waals surface area contributed by atoms with Crippen molar-refractivity contribution in [2.75, 3.05) is 4.90 Å². The van der Waals surface area contributed by atoms with E-state index in [1.807, 2.05) is 0 Å². The van der Waals surface area contributed by atoms with E-state index in [0.717, 1.165) is 39.6 Å². The molecule has 12 aromatic carbocycles. The first-order valence-electron chi connectivity index (χ1n) is 28.8. The van der Waals surface area contributed by atoms with E-state index >= 15 is 0 Å². The topological polar surface area (TPSA) is 12.5 Å². The highest BCUT2D eigenvalue weighted by Crippen LogP contribution is 2.47. The quantitative estimate of drug-likeness (QED) is 0.106. The van der Waals surface area contributed by atoms with Crippen LogP contribution in [0.15, 0.2) is 291 Å². The Kier molecular flexibility index (Phi) is 11.8. The second kappa shape index (κ2) is 19.5. The van der Waals surface area contributed by atoms with Crippen LogP contribution in [0.2, 0.25) is 0 Å². The Hall–Kier alpha value is -9.26. The van der Waals surface area contributed by atoms with Gasteiger partial charge in [-0.2, -0.15) is 0 Å². The van der Waals surface area contributed by atoms with Gasteiger partial charge in [0.15, 0.2) is 16.1 Å². The third-order valence-corrected chi connectivity index (χ3v) is 27.6. The second-order valence-corrected chi connectivity index (χ2v) is 31.1. The van der Waals surface area contributed by atoms with Crippen LogP contribution in [-0.4, -0.2) is 22.9 Å². The van der Waals surface area contributed by atoms with Crippen molar-refractivity contribution in [3.63, 3.8) is 0 Å². The zero-order valence-corrected chi connectivity index (χ0v) is 48.6. The van der Waals surface area contributed by atoms with Crippen LogP contribution in [0.25, 0.3) is 33.4 Å². The Labute approximate surface area is 484 Å². The minimum Gasteiger partial charge on any atom is -0.458 e. The fourth-order valence-electron chi connectivity index (χ4n) is 14.3. The van der Waals surface area contributed by atoms with Gasteiger partial charge in [0.2, 0.25) is 0 Å². The second-order valence-electron chi connectivity index (χ2n) is 23.6. The van der Waals surface area contributed by atoms with Gasteiger partial charge in [0.1, 0.15) is 11.5 Å². The van der Waals surface area contributed by atoms with Crippen LogP contribution >= 0.6 is 0 Å². The van der Waals surface area contributed by atoms with Gasteiger partial charge in [-0.3, -0.25) is 0 Å². The molecular formula is C77H60BNOSi2. The molecule has 5 heteroatoms. The average molecular weight is 1080 g/mol. The predicted octanol–water partition coefficient (Wildman–Crippen LogP) is 11.8. The van der Waals surface area contributed by atoms with Gasteiger partial charge in [-0.15, -0.1) is 0 Å². The first kappa shape index (κ1) is 49.8. The Morgan fingerprint density at radius 1 is 0.378 bits per heavy atom. The summed E-state index contributed by atoms with van der Waals surface area (Å²) in [6.45, 7) is 9.05. The first-order valence-corrected chi connectivity index (χ1v) is 32.8. The van der Waals surface area contributed by atoms with E-state index in [1.165, 1.54) is 91.4 Å². The van der Waals surface area contributed by atoms with Crippen molar-refractivity contribution in [3.8, 4) is 44.9 Å². The van der Waals surface area contributed by atoms with Crippen LogP contribution < -0.4 is 67.5 Å². The van der Waals surface area contributed by atoms with E-state index in [1.54, 1.807) is 0 Å². The molecule has 3 aliphatic heterocycles. The zero-order valence-electron chi connectivity index (χ0n) is 46.6. The van der Waals surface area contributed by atoms with Crippen LogP contribution in [0.4, 0.5) is 17.1 Å². The lowest BCUT2D eigenvalue weighted by atomic mass is 9.34. The summed E-state index contributed by atoms with van der Waals surface area (Å²) in [5.74, 6) is 1.81. The van der Waals surface area contributed by atoms with E-state index < -0.39 is 16.1 Å². The van der Waals surface area contributed by atoms with Crippen molar-refractivity contribution in [1.29, 1.82) is 0 Å². The lowest BCUT2D eigenvalue weighted by Gasteiger charge is -2.42. The van der Waals surface area contributed by atoms with Gasteiger partial charge in [-0.1, -0.05) is 276 Å². The number of fused-ring (bicyclic) bond motifs is 7. The number of hydrogen-bond acceptors (Lipinski definition) is 2. The molecule has 0 fully saturated rings. The van der Waals surface area contributed by atoms with Crippen LogP contribution in [0.1, 0.15) is 31.9 Å². The van der Waals surface area contributed by atoms with E-state index in [0.29, 0.717) is 0 Å². The summed E-state index contributed by atoms with van der Waals surface area (Å²) in [7, 11) is -5.60. The number of hydrogen-bond donors (Lipinski definition) is 0. The lowest BCUT2D eigenvalue weighted by Crippen LogP contribution is -2.74. The maximum Gasteiger partial charge on any atom is 0.256 e. The Morgan fingerprint density at radius 3 is 1.51 bits per heavy atom. The maximum atomic E-state index is 7.41. The summed E-state index contributed by atoms with van der Waals surface area (Å²) < 4.78 is 7.41. The molecule has 2 nitrogen and oxygen atoms in total. The summed E-state index contributed by atoms with van der Waals surface area (Å²) in [6, 6.07) is 110. The highest BCUT2D eigenvalue weighted by molar-refractivity contribution is 7.22. The molecule has 0 bridgehead atoms. The highest BCUT2D eigenvalue weighted by Gasteiger charge is 2.51. The number of anilines is 3. The first-order chi connectivity index (χ1) is 40.2. The van der Waals surface area contributed by atoms with Crippen molar-refractivity contribution in [3.05, 3.63) is 302 Å². The number of ether oxygens (including phenoxy) is 1. The summed E-state index contributed by atoms with van der Waals surface area (Å²) in [4.78, 5) is 2.59. The minimum absolute atomic E-state index is 0.0555. The van der Waals surface area contributed by atoms with Gasteiger partial charge in [0.25, 0.3) is 6.71 Å². The molecule has 15 rings (SSSR count). The average Bonchev–Trinajstić information content (AvgIpc) is 1.93. The van der Waals surface area contributed by atoms with Crippen molar-refractivity contribution < 1.29 is 4.74 Å². The molecule has 12 aromatic rings. The molecule has 82 heavy (non-hydrogen) atoms. The normalized spacial score (nSPS) is 13.5. The van der Waals surface area contributed by atoms with Gasteiger partial charge in [0.05, 0.1) is 5.69 Å². The molecule has 0 radical (unpaired) electrons. The Balaban J connectivity index is 0.957. The molecule has 0 saturated heterocycles.